The molecule has 3 nitrogen and oxygen atoms in total. The molecule has 1 atom stereocenters. The second kappa shape index (κ2) is 5.38. The maximum atomic E-state index is 9.37. The molecule has 1 aromatic heterocycles. The van der Waals surface area contributed by atoms with Crippen molar-refractivity contribution in [2.75, 3.05) is 23.0 Å². The molecule has 16 heavy (non-hydrogen) atoms. The topological polar surface area (TPSA) is 36.4 Å². The van der Waals surface area contributed by atoms with E-state index in [1.807, 2.05) is 17.8 Å². The van der Waals surface area contributed by atoms with Crippen LogP contribution in [-0.4, -0.2) is 34.2 Å². The predicted molar refractivity (Wildman–Crippen MR) is 72.0 cm³/mol. The third-order valence-corrected chi connectivity index (χ3v) is 4.34. The molecule has 0 bridgehead atoms. The molecule has 1 saturated heterocycles. The van der Waals surface area contributed by atoms with Crippen LogP contribution in [0.4, 0.5) is 5.82 Å². The molecule has 5 heteroatoms. The number of hydrogen-bond acceptors (Lipinski definition) is 4. The lowest BCUT2D eigenvalue weighted by Crippen LogP contribution is -2.41. The number of nitrogens with zero attached hydrogens (tertiary/aromatic N) is 2. The summed E-state index contributed by atoms with van der Waals surface area (Å²) in [5.74, 6) is 3.19. The third-order valence-electron chi connectivity index (χ3n) is 2.72. The predicted octanol–water partition coefficient (Wildman–Crippen LogP) is 2.28. The molecule has 1 aliphatic rings. The zero-order valence-corrected chi connectivity index (χ0v) is 11.6. The van der Waals surface area contributed by atoms with E-state index in [0.29, 0.717) is 6.04 Å². The molecule has 0 aromatic carbocycles. The van der Waals surface area contributed by atoms with Crippen molar-refractivity contribution in [2.45, 2.75) is 19.6 Å². The molecule has 1 aromatic rings. The molecular weight excluding hydrogens is 288 g/mol. The first-order valence-corrected chi connectivity index (χ1v) is 7.27. The van der Waals surface area contributed by atoms with E-state index in [1.54, 1.807) is 6.20 Å². The molecule has 1 N–H and O–H groups in total. The smallest absolute Gasteiger partial charge is 0.134 e. The summed E-state index contributed by atoms with van der Waals surface area (Å²) in [4.78, 5) is 6.72. The zero-order valence-electron chi connectivity index (χ0n) is 9.19. The maximum Gasteiger partial charge on any atom is 0.134 e. The Kier molecular flexibility index (Phi) is 4.10. The van der Waals surface area contributed by atoms with Gasteiger partial charge in [0.1, 0.15) is 5.82 Å². The van der Waals surface area contributed by atoms with E-state index in [9.17, 15) is 5.11 Å². The standard InChI is InChI=1S/C11H15BrN2OS/c1-8-7-16-3-2-14(8)11-9(6-15)4-10(12)5-13-11/h4-5,8,15H,2-3,6-7H2,1H3. The summed E-state index contributed by atoms with van der Waals surface area (Å²) in [5.41, 5.74) is 0.896. The highest BCUT2D eigenvalue weighted by molar-refractivity contribution is 9.10. The van der Waals surface area contributed by atoms with E-state index < -0.39 is 0 Å². The van der Waals surface area contributed by atoms with Crippen molar-refractivity contribution in [2.24, 2.45) is 0 Å². The van der Waals surface area contributed by atoms with Gasteiger partial charge in [-0.1, -0.05) is 0 Å². The lowest BCUT2D eigenvalue weighted by Gasteiger charge is -2.35. The highest BCUT2D eigenvalue weighted by Crippen LogP contribution is 2.27. The number of hydrogen-bond donors (Lipinski definition) is 1. The van der Waals surface area contributed by atoms with Crippen LogP contribution in [0.5, 0.6) is 0 Å². The lowest BCUT2D eigenvalue weighted by molar-refractivity contribution is 0.281. The van der Waals surface area contributed by atoms with Crippen molar-refractivity contribution in [1.82, 2.24) is 4.98 Å². The Hall–Kier alpha value is -0.260. The molecular formula is C11H15BrN2OS. The molecule has 1 fully saturated rings. The Balaban J connectivity index is 2.30. The first-order chi connectivity index (χ1) is 7.72. The number of halogens is 1. The summed E-state index contributed by atoms with van der Waals surface area (Å²) in [6.07, 6.45) is 1.79. The van der Waals surface area contributed by atoms with Gasteiger partial charge in [0.25, 0.3) is 0 Å². The van der Waals surface area contributed by atoms with Crippen LogP contribution in [0.2, 0.25) is 0 Å². The number of aliphatic hydroxyl groups excluding tert-OH is 1. The van der Waals surface area contributed by atoms with Crippen LogP contribution in [-0.2, 0) is 6.61 Å². The first-order valence-electron chi connectivity index (χ1n) is 5.32. The Morgan fingerprint density at radius 1 is 1.69 bits per heavy atom. The lowest BCUT2D eigenvalue weighted by atomic mass is 10.2. The SMILES string of the molecule is CC1CSCCN1c1ncc(Br)cc1CO. The van der Waals surface area contributed by atoms with E-state index in [0.717, 1.165) is 33.9 Å². The van der Waals surface area contributed by atoms with Crippen molar-refractivity contribution in [3.05, 3.63) is 22.3 Å². The van der Waals surface area contributed by atoms with Crippen LogP contribution in [0.15, 0.2) is 16.7 Å². The van der Waals surface area contributed by atoms with Gasteiger partial charge < -0.3 is 10.0 Å². The molecule has 1 aliphatic heterocycles. The van der Waals surface area contributed by atoms with Crippen molar-refractivity contribution in [3.8, 4) is 0 Å². The van der Waals surface area contributed by atoms with Crippen LogP contribution >= 0.6 is 27.7 Å². The van der Waals surface area contributed by atoms with Crippen molar-refractivity contribution in [3.63, 3.8) is 0 Å². The second-order valence-electron chi connectivity index (χ2n) is 3.91. The van der Waals surface area contributed by atoms with Gasteiger partial charge >= 0.3 is 0 Å². The number of aromatic nitrogens is 1. The van der Waals surface area contributed by atoms with Gasteiger partial charge in [0, 0.05) is 40.3 Å². The molecule has 2 heterocycles. The fraction of sp³-hybridized carbons (Fsp3) is 0.545. The second-order valence-corrected chi connectivity index (χ2v) is 5.98. The van der Waals surface area contributed by atoms with E-state index in [2.05, 4.69) is 32.7 Å². The van der Waals surface area contributed by atoms with Crippen LogP contribution in [0.25, 0.3) is 0 Å². The fourth-order valence-corrected chi connectivity index (χ4v) is 3.28. The third kappa shape index (κ3) is 2.52. The maximum absolute atomic E-state index is 9.37. The van der Waals surface area contributed by atoms with Gasteiger partial charge in [0.15, 0.2) is 0 Å². The van der Waals surface area contributed by atoms with Gasteiger partial charge in [0.05, 0.1) is 6.61 Å². The quantitative estimate of drug-likeness (QED) is 0.909. The highest BCUT2D eigenvalue weighted by Gasteiger charge is 2.22. The van der Waals surface area contributed by atoms with Crippen LogP contribution < -0.4 is 4.90 Å². The van der Waals surface area contributed by atoms with Crippen LogP contribution in [0, 0.1) is 0 Å². The number of pyridine rings is 1. The van der Waals surface area contributed by atoms with Gasteiger partial charge in [0.2, 0.25) is 0 Å². The minimum atomic E-state index is 0.0398. The largest absolute Gasteiger partial charge is 0.392 e. The van der Waals surface area contributed by atoms with E-state index in [-0.39, 0.29) is 6.61 Å². The minimum absolute atomic E-state index is 0.0398. The van der Waals surface area contributed by atoms with Gasteiger partial charge in [-0.25, -0.2) is 4.98 Å². The molecule has 0 radical (unpaired) electrons. The Morgan fingerprint density at radius 3 is 3.19 bits per heavy atom. The number of anilines is 1. The van der Waals surface area contributed by atoms with Gasteiger partial charge in [-0.05, 0) is 28.9 Å². The van der Waals surface area contributed by atoms with Gasteiger partial charge in [-0.15, -0.1) is 0 Å². The van der Waals surface area contributed by atoms with E-state index in [4.69, 9.17) is 0 Å². The molecule has 0 saturated carbocycles. The average molecular weight is 303 g/mol. The molecule has 1 unspecified atom stereocenters. The summed E-state index contributed by atoms with van der Waals surface area (Å²) in [5, 5.41) is 9.37. The van der Waals surface area contributed by atoms with Crippen molar-refractivity contribution >= 4 is 33.5 Å². The molecule has 0 spiro atoms. The molecule has 88 valence electrons. The van der Waals surface area contributed by atoms with Crippen molar-refractivity contribution in [1.29, 1.82) is 0 Å². The van der Waals surface area contributed by atoms with E-state index >= 15 is 0 Å². The first kappa shape index (κ1) is 12.2. The summed E-state index contributed by atoms with van der Waals surface area (Å²) in [6, 6.07) is 2.43. The summed E-state index contributed by atoms with van der Waals surface area (Å²) < 4.78 is 0.916. The minimum Gasteiger partial charge on any atom is -0.392 e. The van der Waals surface area contributed by atoms with Gasteiger partial charge in [-0.2, -0.15) is 11.8 Å². The summed E-state index contributed by atoms with van der Waals surface area (Å²) >= 11 is 5.36. The Bertz CT molecular complexity index is 375. The number of rotatable bonds is 2. The van der Waals surface area contributed by atoms with Crippen LogP contribution in [0.3, 0.4) is 0 Å². The van der Waals surface area contributed by atoms with Gasteiger partial charge in [-0.3, -0.25) is 0 Å². The average Bonchev–Trinajstić information content (AvgIpc) is 2.30. The number of aliphatic hydroxyl groups is 1. The summed E-state index contributed by atoms with van der Waals surface area (Å²) in [6.45, 7) is 3.25. The molecule has 0 aliphatic carbocycles. The van der Waals surface area contributed by atoms with Crippen LogP contribution in [0.1, 0.15) is 12.5 Å². The van der Waals surface area contributed by atoms with E-state index in [1.165, 1.54) is 0 Å². The molecule has 0 amide bonds. The van der Waals surface area contributed by atoms with Crippen molar-refractivity contribution < 1.29 is 5.11 Å². The molecule has 2 rings (SSSR count). The zero-order chi connectivity index (χ0) is 11.5. The fourth-order valence-electron chi connectivity index (χ4n) is 1.89. The normalized spacial score (nSPS) is 21.2. The highest BCUT2D eigenvalue weighted by atomic mass is 79.9. The Morgan fingerprint density at radius 2 is 2.50 bits per heavy atom. The number of thioether (sulfide) groups is 1. The monoisotopic (exact) mass is 302 g/mol. The Labute approximate surface area is 108 Å². The summed E-state index contributed by atoms with van der Waals surface area (Å²) in [7, 11) is 0.